The zero-order chi connectivity index (χ0) is 11.7. The summed E-state index contributed by atoms with van der Waals surface area (Å²) < 4.78 is 0. The van der Waals surface area contributed by atoms with Gasteiger partial charge in [0.05, 0.1) is 0 Å². The molecule has 0 bridgehead atoms. The summed E-state index contributed by atoms with van der Waals surface area (Å²) in [7, 11) is 2.07. The van der Waals surface area contributed by atoms with Gasteiger partial charge in [-0.3, -0.25) is 4.90 Å². The monoisotopic (exact) mass is 230 g/mol. The minimum atomic E-state index is 0.695. The smallest absolute Gasteiger partial charge is 0.0234 e. The first-order valence-corrected chi connectivity index (χ1v) is 6.83. The van der Waals surface area contributed by atoms with Gasteiger partial charge >= 0.3 is 0 Å². The van der Waals surface area contributed by atoms with E-state index in [4.69, 9.17) is 0 Å². The Balaban J connectivity index is 1.57. The second-order valence-electron chi connectivity index (χ2n) is 5.53. The Hall–Kier alpha value is -0.860. The number of likely N-dealkylation sites (tertiary alicyclic amines) is 1. The maximum absolute atomic E-state index is 3.37. The van der Waals surface area contributed by atoms with E-state index in [1.165, 1.54) is 37.9 Å². The predicted molar refractivity (Wildman–Crippen MR) is 71.2 cm³/mol. The number of hydrogen-bond acceptors (Lipinski definition) is 2. The molecule has 1 heterocycles. The van der Waals surface area contributed by atoms with Crippen molar-refractivity contribution in [1.29, 1.82) is 0 Å². The molecule has 2 aliphatic rings. The van der Waals surface area contributed by atoms with Crippen molar-refractivity contribution in [2.24, 2.45) is 0 Å². The lowest BCUT2D eigenvalue weighted by Crippen LogP contribution is -2.29. The molecule has 2 fully saturated rings. The van der Waals surface area contributed by atoms with E-state index in [9.17, 15) is 0 Å². The molecule has 1 saturated heterocycles. The summed E-state index contributed by atoms with van der Waals surface area (Å²) in [5.74, 6) is 0.879. The van der Waals surface area contributed by atoms with Crippen LogP contribution in [0.2, 0.25) is 0 Å². The lowest BCUT2D eigenvalue weighted by Gasteiger charge is -2.16. The van der Waals surface area contributed by atoms with Crippen LogP contribution in [0.25, 0.3) is 0 Å². The highest BCUT2D eigenvalue weighted by atomic mass is 15.2. The average molecular weight is 230 g/mol. The van der Waals surface area contributed by atoms with Crippen molar-refractivity contribution in [2.75, 3.05) is 20.1 Å². The van der Waals surface area contributed by atoms with E-state index in [2.05, 4.69) is 41.5 Å². The third-order valence-corrected chi connectivity index (χ3v) is 4.12. The van der Waals surface area contributed by atoms with Crippen LogP contribution in [0.3, 0.4) is 0 Å². The fourth-order valence-corrected chi connectivity index (χ4v) is 2.78. The summed E-state index contributed by atoms with van der Waals surface area (Å²) in [6.07, 6.45) is 4.08. The van der Waals surface area contributed by atoms with Gasteiger partial charge in [0, 0.05) is 25.7 Å². The van der Waals surface area contributed by atoms with E-state index in [0.29, 0.717) is 6.04 Å². The zero-order valence-corrected chi connectivity index (χ0v) is 10.7. The zero-order valence-electron chi connectivity index (χ0n) is 10.7. The molecule has 2 heteroatoms. The van der Waals surface area contributed by atoms with Crippen LogP contribution in [0.4, 0.5) is 0 Å². The van der Waals surface area contributed by atoms with Gasteiger partial charge in [-0.15, -0.1) is 0 Å². The number of benzene rings is 1. The summed E-state index contributed by atoms with van der Waals surface area (Å²) in [5, 5.41) is 3.37. The molecule has 0 aromatic heterocycles. The van der Waals surface area contributed by atoms with Crippen LogP contribution < -0.4 is 5.32 Å². The predicted octanol–water partition coefficient (Wildman–Crippen LogP) is 2.36. The van der Waals surface area contributed by atoms with E-state index >= 15 is 0 Å². The van der Waals surface area contributed by atoms with Crippen LogP contribution in [-0.2, 0) is 6.54 Å². The van der Waals surface area contributed by atoms with Crippen molar-refractivity contribution >= 4 is 0 Å². The molecule has 1 saturated carbocycles. The number of rotatable bonds is 4. The van der Waals surface area contributed by atoms with Gasteiger partial charge in [0.25, 0.3) is 0 Å². The Morgan fingerprint density at radius 3 is 2.53 bits per heavy atom. The highest BCUT2D eigenvalue weighted by Gasteiger charge is 2.23. The van der Waals surface area contributed by atoms with Gasteiger partial charge in [-0.2, -0.15) is 0 Å². The summed E-state index contributed by atoms with van der Waals surface area (Å²) in [4.78, 5) is 2.55. The third kappa shape index (κ3) is 2.70. The minimum absolute atomic E-state index is 0.695. The molecular weight excluding hydrogens is 208 g/mol. The first-order valence-electron chi connectivity index (χ1n) is 6.83. The first-order chi connectivity index (χ1) is 8.35. The molecular formula is C15H22N2. The van der Waals surface area contributed by atoms with Crippen LogP contribution in [-0.4, -0.2) is 31.1 Å². The van der Waals surface area contributed by atoms with E-state index in [1.807, 2.05) is 0 Å². The quantitative estimate of drug-likeness (QED) is 0.854. The van der Waals surface area contributed by atoms with Gasteiger partial charge in [-0.05, 0) is 43.4 Å². The third-order valence-electron chi connectivity index (χ3n) is 4.12. The molecule has 17 heavy (non-hydrogen) atoms. The van der Waals surface area contributed by atoms with Crippen molar-refractivity contribution in [3.8, 4) is 0 Å². The molecule has 1 atom stereocenters. The first kappa shape index (κ1) is 11.2. The number of nitrogens with one attached hydrogen (secondary N) is 1. The normalized spacial score (nSPS) is 25.4. The highest BCUT2D eigenvalue weighted by Crippen LogP contribution is 2.39. The molecule has 1 unspecified atom stereocenters. The minimum Gasteiger partial charge on any atom is -0.316 e. The van der Waals surface area contributed by atoms with E-state index in [-0.39, 0.29) is 0 Å². The standard InChI is InChI=1S/C15H22N2/c1-16-15-8-9-17(11-15)10-12-2-4-13(5-3-12)14-6-7-14/h2-5,14-16H,6-11H2,1H3. The van der Waals surface area contributed by atoms with E-state index < -0.39 is 0 Å². The van der Waals surface area contributed by atoms with Crippen LogP contribution in [0.1, 0.15) is 36.3 Å². The van der Waals surface area contributed by atoms with Gasteiger partial charge in [0.1, 0.15) is 0 Å². The fraction of sp³-hybridized carbons (Fsp3) is 0.600. The molecule has 1 aliphatic heterocycles. The van der Waals surface area contributed by atoms with Crippen LogP contribution in [0.15, 0.2) is 24.3 Å². The van der Waals surface area contributed by atoms with Crippen molar-refractivity contribution in [3.05, 3.63) is 35.4 Å². The molecule has 1 N–H and O–H groups in total. The topological polar surface area (TPSA) is 15.3 Å². The van der Waals surface area contributed by atoms with Gasteiger partial charge in [-0.1, -0.05) is 24.3 Å². The molecule has 3 rings (SSSR count). The molecule has 1 aromatic rings. The Kier molecular flexibility index (Phi) is 3.17. The highest BCUT2D eigenvalue weighted by molar-refractivity contribution is 5.28. The molecule has 0 amide bonds. The summed E-state index contributed by atoms with van der Waals surface area (Å²) in [5.41, 5.74) is 3.01. The van der Waals surface area contributed by atoms with Crippen molar-refractivity contribution in [2.45, 2.75) is 37.8 Å². The van der Waals surface area contributed by atoms with Crippen molar-refractivity contribution in [1.82, 2.24) is 10.2 Å². The second kappa shape index (κ2) is 4.79. The van der Waals surface area contributed by atoms with Crippen molar-refractivity contribution < 1.29 is 0 Å². The summed E-state index contributed by atoms with van der Waals surface area (Å²) in [6.45, 7) is 3.54. The molecule has 92 valence electrons. The Morgan fingerprint density at radius 2 is 1.94 bits per heavy atom. The van der Waals surface area contributed by atoms with Crippen molar-refractivity contribution in [3.63, 3.8) is 0 Å². The SMILES string of the molecule is CNC1CCN(Cc2ccc(C3CC3)cc2)C1. The maximum Gasteiger partial charge on any atom is 0.0234 e. The number of nitrogens with zero attached hydrogens (tertiary/aromatic N) is 1. The van der Waals surface area contributed by atoms with E-state index in [0.717, 1.165) is 12.5 Å². The Bertz CT molecular complexity index is 367. The van der Waals surface area contributed by atoms with Gasteiger partial charge in [0.2, 0.25) is 0 Å². The molecule has 1 aromatic carbocycles. The van der Waals surface area contributed by atoms with Gasteiger partial charge in [0.15, 0.2) is 0 Å². The summed E-state index contributed by atoms with van der Waals surface area (Å²) >= 11 is 0. The Morgan fingerprint density at radius 1 is 1.18 bits per heavy atom. The van der Waals surface area contributed by atoms with Gasteiger partial charge < -0.3 is 5.32 Å². The second-order valence-corrected chi connectivity index (χ2v) is 5.53. The van der Waals surface area contributed by atoms with E-state index in [1.54, 1.807) is 5.56 Å². The number of hydrogen-bond donors (Lipinski definition) is 1. The molecule has 0 radical (unpaired) electrons. The van der Waals surface area contributed by atoms with Crippen LogP contribution in [0, 0.1) is 0 Å². The Labute approximate surface area is 104 Å². The fourth-order valence-electron chi connectivity index (χ4n) is 2.78. The molecule has 2 nitrogen and oxygen atoms in total. The maximum atomic E-state index is 3.37. The summed E-state index contributed by atoms with van der Waals surface area (Å²) in [6, 6.07) is 10.00. The molecule has 0 spiro atoms. The lowest BCUT2D eigenvalue weighted by atomic mass is 10.1. The average Bonchev–Trinajstić information content (AvgIpc) is 3.11. The largest absolute Gasteiger partial charge is 0.316 e. The van der Waals surface area contributed by atoms with Crippen LogP contribution in [0.5, 0.6) is 0 Å². The number of likely N-dealkylation sites (N-methyl/N-ethyl adjacent to an activating group) is 1. The lowest BCUT2D eigenvalue weighted by molar-refractivity contribution is 0.322. The van der Waals surface area contributed by atoms with Crippen LogP contribution >= 0.6 is 0 Å². The molecule has 1 aliphatic carbocycles. The van der Waals surface area contributed by atoms with Gasteiger partial charge in [-0.25, -0.2) is 0 Å².